The average molecular weight is 271 g/mol. The third kappa shape index (κ3) is 2.32. The molecule has 2 unspecified atom stereocenters. The van der Waals surface area contributed by atoms with Crippen molar-refractivity contribution < 1.29 is 18.0 Å². The summed E-state index contributed by atoms with van der Waals surface area (Å²) >= 11 is 0. The molecular weight excluding hydrogens is 258 g/mol. The van der Waals surface area contributed by atoms with Gasteiger partial charge in [0.25, 0.3) is 5.91 Å². The van der Waals surface area contributed by atoms with Crippen molar-refractivity contribution in [3.63, 3.8) is 0 Å². The Bertz CT molecular complexity index is 534. The number of hydrogen-bond acceptors (Lipinski definition) is 5. The molecule has 8 heteroatoms. The highest BCUT2D eigenvalue weighted by atomic mass is 32.2. The summed E-state index contributed by atoms with van der Waals surface area (Å²) in [5, 5.41) is 6.19. The molecule has 0 saturated carbocycles. The lowest BCUT2D eigenvalue weighted by Crippen LogP contribution is -2.37. The van der Waals surface area contributed by atoms with Gasteiger partial charge in [0, 0.05) is 6.54 Å². The first-order valence-electron chi connectivity index (χ1n) is 5.34. The molecule has 0 aromatic carbocycles. The summed E-state index contributed by atoms with van der Waals surface area (Å²) in [4.78, 5) is 16.8. The van der Waals surface area contributed by atoms with Crippen molar-refractivity contribution in [3.8, 4) is 12.3 Å². The Morgan fingerprint density at radius 1 is 1.67 bits per heavy atom. The molecule has 0 spiro atoms. The fourth-order valence-corrected chi connectivity index (χ4v) is 2.85. The van der Waals surface area contributed by atoms with Gasteiger partial charge < -0.3 is 10.2 Å². The Morgan fingerprint density at radius 2 is 2.39 bits per heavy atom. The Morgan fingerprint density at radius 3 is 3.00 bits per heavy atom. The fourth-order valence-electron chi connectivity index (χ4n) is 2.00. The third-order valence-electron chi connectivity index (χ3n) is 2.92. The van der Waals surface area contributed by atoms with Gasteiger partial charge in [0.15, 0.2) is 11.8 Å². The highest BCUT2D eigenvalue weighted by Gasteiger charge is 2.47. The molecule has 2 aliphatic rings. The van der Waals surface area contributed by atoms with Crippen molar-refractivity contribution in [1.29, 1.82) is 0 Å². The number of sulfonamides is 1. The smallest absolute Gasteiger partial charge is 0.270 e. The van der Waals surface area contributed by atoms with Crippen LogP contribution in [-0.4, -0.2) is 56.3 Å². The van der Waals surface area contributed by atoms with Crippen LogP contribution in [0, 0.1) is 18.3 Å². The maximum atomic E-state index is 11.7. The molecule has 1 amide bonds. The minimum atomic E-state index is -3.28. The van der Waals surface area contributed by atoms with E-state index in [-0.39, 0.29) is 37.4 Å². The molecule has 0 aromatic rings. The lowest BCUT2D eigenvalue weighted by Gasteiger charge is -2.12. The van der Waals surface area contributed by atoms with Gasteiger partial charge >= 0.3 is 0 Å². The largest absolute Gasteiger partial charge is 0.390 e. The summed E-state index contributed by atoms with van der Waals surface area (Å²) in [7, 11) is -3.28. The molecule has 1 fully saturated rings. The van der Waals surface area contributed by atoms with Crippen LogP contribution in [-0.2, 0) is 19.7 Å². The first-order valence-corrected chi connectivity index (χ1v) is 7.19. The second-order valence-corrected chi connectivity index (χ2v) is 6.18. The predicted molar refractivity (Wildman–Crippen MR) is 64.1 cm³/mol. The van der Waals surface area contributed by atoms with Crippen LogP contribution >= 0.6 is 0 Å². The van der Waals surface area contributed by atoms with Gasteiger partial charge in [-0.15, -0.1) is 6.42 Å². The Hall–Kier alpha value is -1.59. The number of rotatable bonds is 3. The quantitative estimate of drug-likeness (QED) is 0.625. The second kappa shape index (κ2) is 4.59. The van der Waals surface area contributed by atoms with Gasteiger partial charge in [0.2, 0.25) is 10.0 Å². The Balaban J connectivity index is 2.06. The van der Waals surface area contributed by atoms with Crippen molar-refractivity contribution in [2.24, 2.45) is 11.1 Å². The first-order chi connectivity index (χ1) is 8.43. The molecule has 98 valence electrons. The molecular formula is C10H13N3O4S. The van der Waals surface area contributed by atoms with Gasteiger partial charge in [-0.3, -0.25) is 4.79 Å². The predicted octanol–water partition coefficient (Wildman–Crippen LogP) is -1.62. The third-order valence-corrected chi connectivity index (χ3v) is 4.16. The van der Waals surface area contributed by atoms with E-state index in [1.165, 1.54) is 4.31 Å². The number of fused-ring (bicyclic) bond motifs is 1. The van der Waals surface area contributed by atoms with Crippen molar-refractivity contribution in [1.82, 2.24) is 9.62 Å². The molecule has 0 radical (unpaired) electrons. The van der Waals surface area contributed by atoms with E-state index in [0.717, 1.165) is 6.26 Å². The molecule has 1 N–H and O–H groups in total. The number of carbonyl (C=O) groups is 1. The molecule has 2 aliphatic heterocycles. The van der Waals surface area contributed by atoms with Gasteiger partial charge in [-0.05, 0) is 0 Å². The Labute approximate surface area is 105 Å². The number of terminal acetylenes is 1. The summed E-state index contributed by atoms with van der Waals surface area (Å²) in [5.74, 6) is 1.55. The molecule has 18 heavy (non-hydrogen) atoms. The van der Waals surface area contributed by atoms with Crippen molar-refractivity contribution in [2.45, 2.75) is 6.10 Å². The zero-order valence-corrected chi connectivity index (χ0v) is 10.6. The van der Waals surface area contributed by atoms with E-state index in [1.54, 1.807) is 0 Å². The molecule has 2 heterocycles. The summed E-state index contributed by atoms with van der Waals surface area (Å²) < 4.78 is 24.1. The average Bonchev–Trinajstić information content (AvgIpc) is 2.83. The van der Waals surface area contributed by atoms with Gasteiger partial charge in [-0.1, -0.05) is 11.1 Å². The number of amides is 1. The molecule has 0 aliphatic carbocycles. The molecule has 2 rings (SSSR count). The van der Waals surface area contributed by atoms with E-state index < -0.39 is 15.9 Å². The minimum Gasteiger partial charge on any atom is -0.390 e. The lowest BCUT2D eigenvalue weighted by atomic mass is 10.0. The maximum absolute atomic E-state index is 11.7. The summed E-state index contributed by atoms with van der Waals surface area (Å²) in [6, 6.07) is 0. The number of hydrogen-bond donors (Lipinski definition) is 1. The van der Waals surface area contributed by atoms with Crippen LogP contribution in [0.25, 0.3) is 0 Å². The number of carbonyl (C=O) groups excluding carboxylic acids is 1. The molecule has 7 nitrogen and oxygen atoms in total. The van der Waals surface area contributed by atoms with Crippen LogP contribution in [0.15, 0.2) is 5.16 Å². The summed E-state index contributed by atoms with van der Waals surface area (Å²) in [6.45, 7) is 0.537. The highest BCUT2D eigenvalue weighted by Crippen LogP contribution is 2.28. The number of nitrogens with zero attached hydrogens (tertiary/aromatic N) is 2. The lowest BCUT2D eigenvalue weighted by molar-refractivity contribution is -0.114. The zero-order chi connectivity index (χ0) is 13.3. The van der Waals surface area contributed by atoms with E-state index in [1.807, 2.05) is 0 Å². The van der Waals surface area contributed by atoms with Gasteiger partial charge in [0.1, 0.15) is 0 Å². The number of nitrogens with one attached hydrogen (secondary N) is 1. The second-order valence-electron chi connectivity index (χ2n) is 4.19. The number of oxime groups is 1. The maximum Gasteiger partial charge on any atom is 0.270 e. The van der Waals surface area contributed by atoms with Crippen LogP contribution in [0.3, 0.4) is 0 Å². The monoisotopic (exact) mass is 271 g/mol. The van der Waals surface area contributed by atoms with E-state index in [4.69, 9.17) is 11.3 Å². The topological polar surface area (TPSA) is 88.1 Å². The van der Waals surface area contributed by atoms with Crippen LogP contribution in [0.4, 0.5) is 0 Å². The van der Waals surface area contributed by atoms with Crippen LogP contribution in [0.5, 0.6) is 0 Å². The normalized spacial score (nSPS) is 27.0. The van der Waals surface area contributed by atoms with Gasteiger partial charge in [-0.2, -0.15) is 4.31 Å². The SMILES string of the molecule is C#CCNC(=O)C1=NOC2CN(S(C)(=O)=O)CC12. The highest BCUT2D eigenvalue weighted by molar-refractivity contribution is 7.88. The van der Waals surface area contributed by atoms with Gasteiger partial charge in [0.05, 0.1) is 25.3 Å². The van der Waals surface area contributed by atoms with Crippen molar-refractivity contribution in [2.75, 3.05) is 25.9 Å². The summed E-state index contributed by atoms with van der Waals surface area (Å²) in [5.41, 5.74) is 0.210. The molecule has 1 saturated heterocycles. The van der Waals surface area contributed by atoms with Crippen LogP contribution < -0.4 is 5.32 Å². The summed E-state index contributed by atoms with van der Waals surface area (Å²) in [6.07, 6.45) is 5.78. The fraction of sp³-hybridized carbons (Fsp3) is 0.600. The van der Waals surface area contributed by atoms with Crippen molar-refractivity contribution in [3.05, 3.63) is 0 Å². The Kier molecular flexibility index (Phi) is 3.28. The van der Waals surface area contributed by atoms with Crippen molar-refractivity contribution >= 4 is 21.6 Å². The van der Waals surface area contributed by atoms with Crippen LogP contribution in [0.1, 0.15) is 0 Å². The van der Waals surface area contributed by atoms with E-state index in [0.29, 0.717) is 0 Å². The molecule has 2 atom stereocenters. The van der Waals surface area contributed by atoms with E-state index in [9.17, 15) is 13.2 Å². The van der Waals surface area contributed by atoms with Crippen LogP contribution in [0.2, 0.25) is 0 Å². The molecule has 0 aromatic heterocycles. The van der Waals surface area contributed by atoms with E-state index in [2.05, 4.69) is 16.4 Å². The minimum absolute atomic E-state index is 0.102. The zero-order valence-electron chi connectivity index (χ0n) is 9.79. The molecule has 0 bridgehead atoms. The standard InChI is InChI=1S/C10H13N3O4S/c1-3-4-11-10(14)9-7-5-13(18(2,15)16)6-8(7)17-12-9/h1,7-8H,4-6H2,2H3,(H,11,14). The van der Waals surface area contributed by atoms with E-state index >= 15 is 0 Å². The van der Waals surface area contributed by atoms with Gasteiger partial charge in [-0.25, -0.2) is 8.42 Å². The first kappa shape index (κ1) is 12.9.